The zero-order chi connectivity index (χ0) is 14.1. The Labute approximate surface area is 123 Å². The molecule has 0 aromatic heterocycles. The lowest BCUT2D eigenvalue weighted by Crippen LogP contribution is -2.47. The van der Waals surface area contributed by atoms with E-state index < -0.39 is 0 Å². The van der Waals surface area contributed by atoms with E-state index in [-0.39, 0.29) is 0 Å². The van der Waals surface area contributed by atoms with Crippen LogP contribution >= 0.6 is 11.9 Å². The molecule has 1 aliphatic rings. The maximum absolute atomic E-state index is 5.88. The van der Waals surface area contributed by atoms with Crippen LogP contribution in [0.4, 0.5) is 0 Å². The van der Waals surface area contributed by atoms with Gasteiger partial charge in [0.15, 0.2) is 0 Å². The molecular formula is C14H31N3OS. The summed E-state index contributed by atoms with van der Waals surface area (Å²) >= 11 is 1.70. The van der Waals surface area contributed by atoms with Gasteiger partial charge in [0, 0.05) is 32.7 Å². The van der Waals surface area contributed by atoms with Crippen molar-refractivity contribution < 1.29 is 4.74 Å². The van der Waals surface area contributed by atoms with Crippen LogP contribution in [0.25, 0.3) is 0 Å². The third-order valence-electron chi connectivity index (χ3n) is 3.31. The Hall–Kier alpha value is 0.190. The van der Waals surface area contributed by atoms with Crippen LogP contribution < -0.4 is 4.72 Å². The molecule has 0 saturated carbocycles. The molecule has 4 nitrogen and oxygen atoms in total. The molecule has 0 aromatic carbocycles. The predicted molar refractivity (Wildman–Crippen MR) is 84.6 cm³/mol. The van der Waals surface area contributed by atoms with Crippen LogP contribution in [0.5, 0.6) is 0 Å². The van der Waals surface area contributed by atoms with Crippen molar-refractivity contribution in [3.05, 3.63) is 0 Å². The van der Waals surface area contributed by atoms with Crippen LogP contribution in [0.3, 0.4) is 0 Å². The van der Waals surface area contributed by atoms with Gasteiger partial charge in [-0.05, 0) is 32.2 Å². The number of nitrogens with zero attached hydrogens (tertiary/aromatic N) is 2. The summed E-state index contributed by atoms with van der Waals surface area (Å²) < 4.78 is 9.19. The van der Waals surface area contributed by atoms with Gasteiger partial charge in [-0.1, -0.05) is 25.8 Å². The third kappa shape index (κ3) is 8.15. The molecule has 1 atom stereocenters. The molecule has 1 heterocycles. The summed E-state index contributed by atoms with van der Waals surface area (Å²) in [5.74, 6) is 0.724. The quantitative estimate of drug-likeness (QED) is 0.513. The molecule has 0 aliphatic carbocycles. The van der Waals surface area contributed by atoms with Crippen molar-refractivity contribution in [2.75, 3.05) is 59.2 Å². The Morgan fingerprint density at radius 1 is 1.47 bits per heavy atom. The fourth-order valence-electron chi connectivity index (χ4n) is 2.62. The SMILES string of the molecule is CSNCCCN1CCO[C@H](CN(C)CC(C)C)C1. The zero-order valence-corrected chi connectivity index (χ0v) is 13.8. The minimum Gasteiger partial charge on any atom is -0.374 e. The average Bonchev–Trinajstić information content (AvgIpc) is 2.34. The Bertz CT molecular complexity index is 229. The van der Waals surface area contributed by atoms with Crippen molar-refractivity contribution in [1.29, 1.82) is 0 Å². The summed E-state index contributed by atoms with van der Waals surface area (Å²) in [7, 11) is 2.20. The van der Waals surface area contributed by atoms with Crippen molar-refractivity contribution >= 4 is 11.9 Å². The highest BCUT2D eigenvalue weighted by Gasteiger charge is 2.21. The lowest BCUT2D eigenvalue weighted by molar-refractivity contribution is -0.0414. The first-order chi connectivity index (χ1) is 9.11. The smallest absolute Gasteiger partial charge is 0.0829 e. The highest BCUT2D eigenvalue weighted by Crippen LogP contribution is 2.08. The Balaban J connectivity index is 2.18. The first-order valence-corrected chi connectivity index (χ1v) is 8.62. The molecule has 0 amide bonds. The Morgan fingerprint density at radius 3 is 2.95 bits per heavy atom. The molecule has 0 radical (unpaired) electrons. The van der Waals surface area contributed by atoms with Gasteiger partial charge in [-0.25, -0.2) is 0 Å². The molecular weight excluding hydrogens is 258 g/mol. The van der Waals surface area contributed by atoms with Crippen molar-refractivity contribution in [3.8, 4) is 0 Å². The maximum atomic E-state index is 5.88. The number of rotatable bonds is 9. The van der Waals surface area contributed by atoms with Crippen LogP contribution in [-0.4, -0.2) is 75.1 Å². The van der Waals surface area contributed by atoms with Crippen LogP contribution in [-0.2, 0) is 4.74 Å². The Kier molecular flexibility index (Phi) is 9.07. The van der Waals surface area contributed by atoms with E-state index in [2.05, 4.69) is 41.7 Å². The topological polar surface area (TPSA) is 27.7 Å². The molecule has 1 aliphatic heterocycles. The first-order valence-electron chi connectivity index (χ1n) is 7.40. The summed E-state index contributed by atoms with van der Waals surface area (Å²) in [5.41, 5.74) is 0. The highest BCUT2D eigenvalue weighted by atomic mass is 32.2. The molecule has 114 valence electrons. The largest absolute Gasteiger partial charge is 0.374 e. The third-order valence-corrected chi connectivity index (χ3v) is 3.81. The monoisotopic (exact) mass is 289 g/mol. The second kappa shape index (κ2) is 10.00. The molecule has 0 bridgehead atoms. The fourth-order valence-corrected chi connectivity index (χ4v) is 2.96. The van der Waals surface area contributed by atoms with Gasteiger partial charge >= 0.3 is 0 Å². The summed E-state index contributed by atoms with van der Waals surface area (Å²) in [5, 5.41) is 0. The van der Waals surface area contributed by atoms with Crippen LogP contribution in [0.1, 0.15) is 20.3 Å². The van der Waals surface area contributed by atoms with E-state index in [9.17, 15) is 0 Å². The lowest BCUT2D eigenvalue weighted by Gasteiger charge is -2.35. The van der Waals surface area contributed by atoms with Crippen molar-refractivity contribution in [2.24, 2.45) is 5.92 Å². The van der Waals surface area contributed by atoms with Crippen LogP contribution in [0.2, 0.25) is 0 Å². The average molecular weight is 289 g/mol. The van der Waals surface area contributed by atoms with E-state index in [1.165, 1.54) is 13.0 Å². The summed E-state index contributed by atoms with van der Waals surface area (Å²) in [6.45, 7) is 12.1. The summed E-state index contributed by atoms with van der Waals surface area (Å²) in [6, 6.07) is 0. The van der Waals surface area contributed by atoms with E-state index >= 15 is 0 Å². The molecule has 5 heteroatoms. The number of morpholine rings is 1. The fraction of sp³-hybridized carbons (Fsp3) is 1.00. The number of nitrogens with one attached hydrogen (secondary N) is 1. The molecule has 19 heavy (non-hydrogen) atoms. The van der Waals surface area contributed by atoms with Crippen LogP contribution in [0, 0.1) is 5.92 Å². The van der Waals surface area contributed by atoms with E-state index in [0.717, 1.165) is 45.2 Å². The van der Waals surface area contributed by atoms with E-state index in [4.69, 9.17) is 4.74 Å². The minimum atomic E-state index is 0.381. The van der Waals surface area contributed by atoms with Crippen LogP contribution in [0.15, 0.2) is 0 Å². The van der Waals surface area contributed by atoms with Crippen molar-refractivity contribution in [3.63, 3.8) is 0 Å². The standard InChI is InChI=1S/C14H31N3OS/c1-13(2)10-16(3)11-14-12-17(8-9-18-14)7-5-6-15-19-4/h13-15H,5-12H2,1-4H3/t14-/m1/s1. The lowest BCUT2D eigenvalue weighted by atomic mass is 10.2. The number of likely N-dealkylation sites (N-methyl/N-ethyl adjacent to an activating group) is 1. The molecule has 1 N–H and O–H groups in total. The van der Waals surface area contributed by atoms with Gasteiger partial charge in [-0.2, -0.15) is 0 Å². The number of hydrogen-bond acceptors (Lipinski definition) is 5. The first kappa shape index (κ1) is 17.2. The molecule has 1 rings (SSSR count). The second-order valence-electron chi connectivity index (χ2n) is 5.86. The molecule has 0 aromatic rings. The van der Waals surface area contributed by atoms with Gasteiger partial charge in [0.05, 0.1) is 12.7 Å². The molecule has 0 spiro atoms. The number of hydrogen-bond donors (Lipinski definition) is 1. The van der Waals surface area contributed by atoms with E-state index in [1.807, 2.05) is 0 Å². The van der Waals surface area contributed by atoms with Gasteiger partial charge in [-0.3, -0.25) is 9.62 Å². The van der Waals surface area contributed by atoms with Gasteiger partial charge < -0.3 is 9.64 Å². The van der Waals surface area contributed by atoms with Gasteiger partial charge in [0.1, 0.15) is 0 Å². The molecule has 1 fully saturated rings. The van der Waals surface area contributed by atoms with Gasteiger partial charge in [-0.15, -0.1) is 0 Å². The molecule has 1 saturated heterocycles. The summed E-state index contributed by atoms with van der Waals surface area (Å²) in [6.07, 6.45) is 3.68. The van der Waals surface area contributed by atoms with Crippen molar-refractivity contribution in [1.82, 2.24) is 14.5 Å². The summed E-state index contributed by atoms with van der Waals surface area (Å²) in [4.78, 5) is 4.94. The predicted octanol–water partition coefficient (Wildman–Crippen LogP) is 1.53. The highest BCUT2D eigenvalue weighted by molar-refractivity contribution is 7.96. The van der Waals surface area contributed by atoms with E-state index in [1.54, 1.807) is 11.9 Å². The van der Waals surface area contributed by atoms with Gasteiger partial charge in [0.2, 0.25) is 0 Å². The minimum absolute atomic E-state index is 0.381. The van der Waals surface area contributed by atoms with Crippen molar-refractivity contribution in [2.45, 2.75) is 26.4 Å². The maximum Gasteiger partial charge on any atom is 0.0829 e. The second-order valence-corrected chi connectivity index (χ2v) is 6.56. The number of ether oxygens (including phenoxy) is 1. The zero-order valence-electron chi connectivity index (χ0n) is 13.0. The molecule has 0 unspecified atom stereocenters. The normalized spacial score (nSPS) is 21.5. The Morgan fingerprint density at radius 2 is 2.26 bits per heavy atom. The van der Waals surface area contributed by atoms with Gasteiger partial charge in [0.25, 0.3) is 0 Å². The van der Waals surface area contributed by atoms with E-state index in [0.29, 0.717) is 6.10 Å².